The molecular formula is C21H19F3N4O2. The van der Waals surface area contributed by atoms with Crippen LogP contribution in [0.15, 0.2) is 41.2 Å². The molecule has 0 unspecified atom stereocenters. The number of halogens is 3. The van der Waals surface area contributed by atoms with Crippen molar-refractivity contribution in [2.24, 2.45) is 0 Å². The lowest BCUT2D eigenvalue weighted by Crippen LogP contribution is -2.24. The van der Waals surface area contributed by atoms with Crippen molar-refractivity contribution in [1.29, 1.82) is 0 Å². The molecule has 30 heavy (non-hydrogen) atoms. The number of H-pyrrole nitrogens is 1. The van der Waals surface area contributed by atoms with Gasteiger partial charge in [0.15, 0.2) is 0 Å². The summed E-state index contributed by atoms with van der Waals surface area (Å²) in [4.78, 5) is 19.9. The van der Waals surface area contributed by atoms with E-state index in [1.807, 2.05) is 13.0 Å². The maximum absolute atomic E-state index is 13.4. The van der Waals surface area contributed by atoms with Crippen LogP contribution in [-0.2, 0) is 19.1 Å². The summed E-state index contributed by atoms with van der Waals surface area (Å²) in [6.45, 7) is 3.96. The minimum Gasteiger partial charge on any atom is -0.493 e. The number of imidazole rings is 1. The number of nitrogens with one attached hydrogen (secondary N) is 1. The fourth-order valence-electron chi connectivity index (χ4n) is 3.48. The second-order valence-corrected chi connectivity index (χ2v) is 6.77. The molecule has 0 amide bonds. The van der Waals surface area contributed by atoms with Crippen LogP contribution >= 0.6 is 0 Å². The number of fused-ring (bicyclic) bond motifs is 2. The van der Waals surface area contributed by atoms with Crippen LogP contribution < -0.4 is 10.3 Å². The Hall–Kier alpha value is -3.36. The molecule has 2 heterocycles. The molecule has 0 spiro atoms. The lowest BCUT2D eigenvalue weighted by Gasteiger charge is -2.12. The number of ether oxygens (including phenoxy) is 1. The van der Waals surface area contributed by atoms with Gasteiger partial charge in [0.25, 0.3) is 5.56 Å². The second-order valence-electron chi connectivity index (χ2n) is 6.77. The van der Waals surface area contributed by atoms with Crippen LogP contribution in [0.3, 0.4) is 0 Å². The fourth-order valence-corrected chi connectivity index (χ4v) is 3.48. The first-order valence-corrected chi connectivity index (χ1v) is 9.53. The van der Waals surface area contributed by atoms with Crippen molar-refractivity contribution in [2.45, 2.75) is 33.0 Å². The van der Waals surface area contributed by atoms with Crippen LogP contribution in [0.1, 0.15) is 30.9 Å². The molecule has 9 heteroatoms. The molecule has 4 aromatic rings. The monoisotopic (exact) mass is 416 g/mol. The van der Waals surface area contributed by atoms with Crippen molar-refractivity contribution >= 4 is 21.8 Å². The second kappa shape index (κ2) is 7.47. The van der Waals surface area contributed by atoms with Crippen LogP contribution in [0, 0.1) is 0 Å². The maximum atomic E-state index is 13.4. The zero-order chi connectivity index (χ0) is 21.5. The summed E-state index contributed by atoms with van der Waals surface area (Å²) in [7, 11) is 0. The van der Waals surface area contributed by atoms with Crippen LogP contribution in [0.4, 0.5) is 13.2 Å². The standard InChI is InChI=1S/C21H19F3N4O2/c1-3-28-20(29)13-8-6-5-7-12(13)15(27-28)11-19-25-16-9-14(21(22,23)24)18(30-4-2)10-17(16)26-19/h5-10H,3-4,11H2,1-2H3,(H,25,26). The first kappa shape index (κ1) is 19.9. The molecule has 0 saturated heterocycles. The van der Waals surface area contributed by atoms with Crippen molar-refractivity contribution in [3.8, 4) is 5.75 Å². The van der Waals surface area contributed by atoms with Crippen LogP contribution in [-0.4, -0.2) is 26.4 Å². The Morgan fingerprint density at radius 3 is 2.53 bits per heavy atom. The highest BCUT2D eigenvalue weighted by Crippen LogP contribution is 2.38. The Bertz CT molecular complexity index is 1290. The maximum Gasteiger partial charge on any atom is 0.420 e. The number of hydrogen-bond acceptors (Lipinski definition) is 4. The third-order valence-corrected chi connectivity index (χ3v) is 4.82. The summed E-state index contributed by atoms with van der Waals surface area (Å²) in [6.07, 6.45) is -4.31. The number of aromatic amines is 1. The average molecular weight is 416 g/mol. The van der Waals surface area contributed by atoms with Gasteiger partial charge in [-0.05, 0) is 26.0 Å². The minimum atomic E-state index is -4.54. The summed E-state index contributed by atoms with van der Waals surface area (Å²) < 4.78 is 46.7. The zero-order valence-electron chi connectivity index (χ0n) is 16.4. The highest BCUT2D eigenvalue weighted by Gasteiger charge is 2.35. The smallest absolute Gasteiger partial charge is 0.420 e. The number of alkyl halides is 3. The van der Waals surface area contributed by atoms with Crippen molar-refractivity contribution < 1.29 is 17.9 Å². The van der Waals surface area contributed by atoms with Gasteiger partial charge in [0.2, 0.25) is 0 Å². The van der Waals surface area contributed by atoms with Gasteiger partial charge in [0.1, 0.15) is 11.6 Å². The van der Waals surface area contributed by atoms with Gasteiger partial charge in [-0.25, -0.2) is 9.67 Å². The van der Waals surface area contributed by atoms with E-state index in [1.165, 1.54) is 10.7 Å². The third kappa shape index (κ3) is 3.51. The average Bonchev–Trinajstić information content (AvgIpc) is 3.10. The Balaban J connectivity index is 1.82. The normalized spacial score (nSPS) is 12.0. The van der Waals surface area contributed by atoms with Crippen molar-refractivity contribution in [2.75, 3.05) is 6.61 Å². The number of hydrogen-bond donors (Lipinski definition) is 1. The molecule has 2 aromatic carbocycles. The summed E-state index contributed by atoms with van der Waals surface area (Å²) in [5.41, 5.74) is 0.212. The third-order valence-electron chi connectivity index (χ3n) is 4.82. The number of rotatable bonds is 5. The summed E-state index contributed by atoms with van der Waals surface area (Å²) >= 11 is 0. The molecule has 156 valence electrons. The van der Waals surface area contributed by atoms with E-state index in [-0.39, 0.29) is 29.9 Å². The highest BCUT2D eigenvalue weighted by molar-refractivity contribution is 5.84. The molecule has 1 N–H and O–H groups in total. The number of aromatic nitrogens is 4. The van der Waals surface area contributed by atoms with Gasteiger partial charge in [-0.15, -0.1) is 0 Å². The van der Waals surface area contributed by atoms with Gasteiger partial charge in [0, 0.05) is 18.0 Å². The number of nitrogens with zero attached hydrogens (tertiary/aromatic N) is 3. The van der Waals surface area contributed by atoms with E-state index in [9.17, 15) is 18.0 Å². The molecular weight excluding hydrogens is 397 g/mol. The lowest BCUT2D eigenvalue weighted by atomic mass is 10.1. The Kier molecular flexibility index (Phi) is 4.97. The SMILES string of the molecule is CCOc1cc2nc(Cc3nn(CC)c(=O)c4ccccc34)[nH]c2cc1C(F)(F)F. The van der Waals surface area contributed by atoms with E-state index >= 15 is 0 Å². The van der Waals surface area contributed by atoms with E-state index in [4.69, 9.17) is 4.74 Å². The summed E-state index contributed by atoms with van der Waals surface area (Å²) in [5, 5.41) is 5.66. The molecule has 0 bridgehead atoms. The molecule has 0 saturated carbocycles. The summed E-state index contributed by atoms with van der Waals surface area (Å²) in [6, 6.07) is 9.43. The van der Waals surface area contributed by atoms with Crippen molar-refractivity contribution in [3.05, 3.63) is 63.8 Å². The lowest BCUT2D eigenvalue weighted by molar-refractivity contribution is -0.138. The molecule has 0 aliphatic rings. The zero-order valence-corrected chi connectivity index (χ0v) is 16.4. The largest absolute Gasteiger partial charge is 0.493 e. The van der Waals surface area contributed by atoms with Gasteiger partial charge in [0.05, 0.1) is 40.7 Å². The van der Waals surface area contributed by atoms with E-state index in [0.29, 0.717) is 34.4 Å². The van der Waals surface area contributed by atoms with E-state index in [0.717, 1.165) is 6.07 Å². The summed E-state index contributed by atoms with van der Waals surface area (Å²) in [5.74, 6) is 0.199. The molecule has 0 fully saturated rings. The topological polar surface area (TPSA) is 72.8 Å². The first-order chi connectivity index (χ1) is 14.3. The van der Waals surface area contributed by atoms with E-state index < -0.39 is 11.7 Å². The van der Waals surface area contributed by atoms with Gasteiger partial charge >= 0.3 is 6.18 Å². The molecule has 0 atom stereocenters. The Morgan fingerprint density at radius 1 is 1.13 bits per heavy atom. The molecule has 0 aliphatic carbocycles. The van der Waals surface area contributed by atoms with Crippen LogP contribution in [0.25, 0.3) is 21.8 Å². The minimum absolute atomic E-state index is 0.111. The Morgan fingerprint density at radius 2 is 1.87 bits per heavy atom. The van der Waals surface area contributed by atoms with E-state index in [2.05, 4.69) is 15.1 Å². The first-order valence-electron chi connectivity index (χ1n) is 9.53. The predicted octanol–water partition coefficient (Wildman–Crippen LogP) is 4.30. The van der Waals surface area contributed by atoms with E-state index in [1.54, 1.807) is 25.1 Å². The number of aryl methyl sites for hydroxylation is 1. The van der Waals surface area contributed by atoms with Crippen LogP contribution in [0.2, 0.25) is 0 Å². The quantitative estimate of drug-likeness (QED) is 0.527. The molecule has 0 radical (unpaired) electrons. The highest BCUT2D eigenvalue weighted by atomic mass is 19.4. The predicted molar refractivity (Wildman–Crippen MR) is 107 cm³/mol. The molecule has 4 rings (SSSR count). The van der Waals surface area contributed by atoms with Gasteiger partial charge in [-0.2, -0.15) is 18.3 Å². The fraction of sp³-hybridized carbons (Fsp3) is 0.286. The van der Waals surface area contributed by atoms with Gasteiger partial charge in [-0.1, -0.05) is 18.2 Å². The van der Waals surface area contributed by atoms with Gasteiger partial charge in [-0.3, -0.25) is 4.79 Å². The number of benzene rings is 2. The molecule has 0 aliphatic heterocycles. The van der Waals surface area contributed by atoms with Crippen molar-refractivity contribution in [3.63, 3.8) is 0 Å². The molecule has 6 nitrogen and oxygen atoms in total. The molecule has 2 aromatic heterocycles. The van der Waals surface area contributed by atoms with Gasteiger partial charge < -0.3 is 9.72 Å². The Labute approximate surface area is 169 Å². The van der Waals surface area contributed by atoms with Crippen LogP contribution in [0.5, 0.6) is 5.75 Å². The van der Waals surface area contributed by atoms with Crippen molar-refractivity contribution in [1.82, 2.24) is 19.7 Å².